The molecule has 0 atom stereocenters. The van der Waals surface area contributed by atoms with E-state index in [2.05, 4.69) is 9.97 Å². The van der Waals surface area contributed by atoms with Gasteiger partial charge in [0.1, 0.15) is 0 Å². The Morgan fingerprint density at radius 2 is 1.75 bits per heavy atom. The molecule has 20 heavy (non-hydrogen) atoms. The second-order valence-electron chi connectivity index (χ2n) is 4.50. The Morgan fingerprint density at radius 1 is 1.10 bits per heavy atom. The summed E-state index contributed by atoms with van der Waals surface area (Å²) in [5.74, 6) is -1.62. The van der Waals surface area contributed by atoms with Crippen LogP contribution in [0.15, 0.2) is 36.5 Å². The quantitative estimate of drug-likeness (QED) is 0.889. The first-order chi connectivity index (χ1) is 9.65. The maximum atomic E-state index is 12.3. The average Bonchev–Trinajstić information content (AvgIpc) is 2.90. The van der Waals surface area contributed by atoms with Crippen molar-refractivity contribution in [2.24, 2.45) is 0 Å². The van der Waals surface area contributed by atoms with Crippen LogP contribution in [0.4, 0.5) is 0 Å². The number of benzene rings is 1. The van der Waals surface area contributed by atoms with Gasteiger partial charge in [-0.25, -0.2) is 14.8 Å². The van der Waals surface area contributed by atoms with Crippen molar-refractivity contribution in [3.05, 3.63) is 59.2 Å². The van der Waals surface area contributed by atoms with Gasteiger partial charge >= 0.3 is 5.97 Å². The Hall–Kier alpha value is -2.76. The van der Waals surface area contributed by atoms with Crippen molar-refractivity contribution >= 4 is 11.9 Å². The molecule has 6 nitrogen and oxygen atoms in total. The summed E-state index contributed by atoms with van der Waals surface area (Å²) in [7, 11) is 0. The molecule has 0 unspecified atom stereocenters. The summed E-state index contributed by atoms with van der Waals surface area (Å²) in [6.45, 7) is 0.991. The van der Waals surface area contributed by atoms with E-state index in [4.69, 9.17) is 5.11 Å². The summed E-state index contributed by atoms with van der Waals surface area (Å²) < 4.78 is 0. The Morgan fingerprint density at radius 3 is 2.35 bits per heavy atom. The van der Waals surface area contributed by atoms with Crippen LogP contribution in [0.1, 0.15) is 32.2 Å². The highest BCUT2D eigenvalue weighted by Gasteiger charge is 2.26. The highest BCUT2D eigenvalue weighted by molar-refractivity contribution is 5.92. The zero-order chi connectivity index (χ0) is 14.1. The molecule has 1 amide bonds. The van der Waals surface area contributed by atoms with Crippen LogP contribution < -0.4 is 0 Å². The summed E-state index contributed by atoms with van der Waals surface area (Å²) in [6.07, 6.45) is 1.28. The average molecular weight is 269 g/mol. The number of rotatable bonds is 2. The number of hydrogen-bond acceptors (Lipinski definition) is 4. The molecule has 1 N–H and O–H groups in total. The fourth-order valence-electron chi connectivity index (χ4n) is 2.20. The third-order valence-corrected chi connectivity index (χ3v) is 3.19. The molecule has 0 radical (unpaired) electrons. The van der Waals surface area contributed by atoms with Crippen LogP contribution in [0.25, 0.3) is 0 Å². The van der Waals surface area contributed by atoms with E-state index in [0.29, 0.717) is 13.1 Å². The first kappa shape index (κ1) is 12.3. The van der Waals surface area contributed by atoms with Gasteiger partial charge in [0.05, 0.1) is 0 Å². The Bertz CT molecular complexity index is 675. The highest BCUT2D eigenvalue weighted by atomic mass is 16.4. The summed E-state index contributed by atoms with van der Waals surface area (Å²) in [6, 6.07) is 9.05. The van der Waals surface area contributed by atoms with Gasteiger partial charge < -0.3 is 10.0 Å². The van der Waals surface area contributed by atoms with Crippen molar-refractivity contribution in [1.29, 1.82) is 0 Å². The van der Waals surface area contributed by atoms with Crippen molar-refractivity contribution in [2.45, 2.75) is 13.1 Å². The zero-order valence-electron chi connectivity index (χ0n) is 10.5. The minimum absolute atomic E-state index is 0.0855. The van der Waals surface area contributed by atoms with Crippen LogP contribution in [-0.4, -0.2) is 31.9 Å². The molecule has 1 aromatic carbocycles. The van der Waals surface area contributed by atoms with E-state index in [9.17, 15) is 9.59 Å². The van der Waals surface area contributed by atoms with Gasteiger partial charge in [-0.2, -0.15) is 0 Å². The summed E-state index contributed by atoms with van der Waals surface area (Å²) >= 11 is 0. The minimum atomic E-state index is -1.17. The van der Waals surface area contributed by atoms with Gasteiger partial charge in [-0.15, -0.1) is 0 Å². The number of hydrogen-bond donors (Lipinski definition) is 1. The molecule has 100 valence electrons. The smallest absolute Gasteiger partial charge is 0.354 e. The molecular formula is C14H11N3O3. The zero-order valence-corrected chi connectivity index (χ0v) is 10.5. The maximum absolute atomic E-state index is 12.3. The lowest BCUT2D eigenvalue weighted by molar-refractivity contribution is 0.0689. The van der Waals surface area contributed by atoms with E-state index in [1.54, 1.807) is 4.90 Å². The van der Waals surface area contributed by atoms with Crippen LogP contribution >= 0.6 is 0 Å². The van der Waals surface area contributed by atoms with Gasteiger partial charge in [-0.3, -0.25) is 4.79 Å². The molecule has 3 rings (SSSR count). The molecule has 0 bridgehead atoms. The van der Waals surface area contributed by atoms with Gasteiger partial charge in [0, 0.05) is 19.3 Å². The number of carboxylic acids is 1. The topological polar surface area (TPSA) is 83.4 Å². The number of aromatic carboxylic acids is 1. The second kappa shape index (κ2) is 4.73. The summed E-state index contributed by atoms with van der Waals surface area (Å²) in [5.41, 5.74) is 2.01. The highest BCUT2D eigenvalue weighted by Crippen LogP contribution is 2.23. The molecule has 1 aliphatic rings. The Labute approximate surface area is 114 Å². The molecule has 6 heteroatoms. The molecule has 1 aliphatic heterocycles. The van der Waals surface area contributed by atoms with Gasteiger partial charge in [0.2, 0.25) is 5.82 Å². The van der Waals surface area contributed by atoms with Crippen LogP contribution in [0.3, 0.4) is 0 Å². The van der Waals surface area contributed by atoms with E-state index in [1.807, 2.05) is 24.3 Å². The van der Waals surface area contributed by atoms with Crippen molar-refractivity contribution in [3.8, 4) is 0 Å². The lowest BCUT2D eigenvalue weighted by Crippen LogP contribution is -2.27. The van der Waals surface area contributed by atoms with E-state index >= 15 is 0 Å². The standard InChI is InChI=1S/C14H11N3O3/c18-13(12-15-6-5-11(16-12)14(19)20)17-7-9-3-1-2-4-10(9)8-17/h1-6H,7-8H2,(H,19,20). The normalized spacial score (nSPS) is 13.1. The maximum Gasteiger partial charge on any atom is 0.354 e. The van der Waals surface area contributed by atoms with E-state index < -0.39 is 5.97 Å². The number of aromatic nitrogens is 2. The van der Waals surface area contributed by atoms with E-state index in [1.165, 1.54) is 12.3 Å². The third-order valence-electron chi connectivity index (χ3n) is 3.19. The SMILES string of the molecule is O=C(O)c1ccnc(C(=O)N2Cc3ccccc3C2)n1. The monoisotopic (exact) mass is 269 g/mol. The predicted octanol–water partition coefficient (Wildman–Crippen LogP) is 1.33. The molecule has 1 aromatic heterocycles. The van der Waals surface area contributed by atoms with Crippen LogP contribution in [-0.2, 0) is 13.1 Å². The molecule has 0 spiro atoms. The molecule has 2 aromatic rings. The van der Waals surface area contributed by atoms with Gasteiger partial charge in [0.25, 0.3) is 5.91 Å². The first-order valence-electron chi connectivity index (χ1n) is 6.07. The van der Waals surface area contributed by atoms with Crippen molar-refractivity contribution in [2.75, 3.05) is 0 Å². The largest absolute Gasteiger partial charge is 0.477 e. The van der Waals surface area contributed by atoms with Gasteiger partial charge in [-0.05, 0) is 17.2 Å². The third kappa shape index (κ3) is 2.11. The van der Waals surface area contributed by atoms with Crippen molar-refractivity contribution in [1.82, 2.24) is 14.9 Å². The number of nitrogens with zero attached hydrogens (tertiary/aromatic N) is 3. The summed E-state index contributed by atoms with van der Waals surface area (Å²) in [4.78, 5) is 32.4. The fraction of sp³-hybridized carbons (Fsp3) is 0.143. The van der Waals surface area contributed by atoms with Crippen LogP contribution in [0.2, 0.25) is 0 Å². The molecule has 2 heterocycles. The van der Waals surface area contributed by atoms with Crippen LogP contribution in [0, 0.1) is 0 Å². The lowest BCUT2D eigenvalue weighted by Gasteiger charge is -2.14. The van der Waals surface area contributed by atoms with Crippen molar-refractivity contribution < 1.29 is 14.7 Å². The minimum Gasteiger partial charge on any atom is -0.477 e. The summed E-state index contributed by atoms with van der Waals surface area (Å²) in [5, 5.41) is 8.88. The molecule has 0 aliphatic carbocycles. The molecule has 0 fully saturated rings. The number of fused-ring (bicyclic) bond motifs is 1. The van der Waals surface area contributed by atoms with Crippen molar-refractivity contribution in [3.63, 3.8) is 0 Å². The number of carbonyl (C=O) groups excluding carboxylic acids is 1. The molecule has 0 saturated carbocycles. The number of amides is 1. The second-order valence-corrected chi connectivity index (χ2v) is 4.50. The fourth-order valence-corrected chi connectivity index (χ4v) is 2.20. The van der Waals surface area contributed by atoms with Crippen LogP contribution in [0.5, 0.6) is 0 Å². The Kier molecular flexibility index (Phi) is 2.90. The van der Waals surface area contributed by atoms with Gasteiger partial charge in [-0.1, -0.05) is 24.3 Å². The number of carbonyl (C=O) groups is 2. The number of carboxylic acid groups (broad SMARTS) is 1. The van der Waals surface area contributed by atoms with E-state index in [-0.39, 0.29) is 17.4 Å². The Balaban J connectivity index is 1.85. The lowest BCUT2D eigenvalue weighted by atomic mass is 10.1. The first-order valence-corrected chi connectivity index (χ1v) is 6.07. The van der Waals surface area contributed by atoms with Gasteiger partial charge in [0.15, 0.2) is 5.69 Å². The van der Waals surface area contributed by atoms with E-state index in [0.717, 1.165) is 11.1 Å². The predicted molar refractivity (Wildman–Crippen MR) is 69.0 cm³/mol. The molecule has 0 saturated heterocycles. The molecular weight excluding hydrogens is 258 g/mol.